The molecule has 0 aliphatic rings. The highest BCUT2D eigenvalue weighted by Gasteiger charge is 2.12. The first-order chi connectivity index (χ1) is 16.7. The van der Waals surface area contributed by atoms with Gasteiger partial charge in [-0.15, -0.1) is 0 Å². The van der Waals surface area contributed by atoms with Gasteiger partial charge in [-0.3, -0.25) is 0 Å². The molecule has 1 heteroatoms. The van der Waals surface area contributed by atoms with E-state index in [1.54, 1.807) is 6.08 Å². The number of allylic oxidation sites excluding steroid dienone is 9. The molecule has 0 saturated carbocycles. The Hall–Kier alpha value is -4.10. The topological polar surface area (TPSA) is 3.24 Å². The third-order valence-corrected chi connectivity index (χ3v) is 5.09. The minimum atomic E-state index is 1.05. The van der Waals surface area contributed by atoms with Crippen LogP contribution < -0.4 is 4.90 Å². The first kappa shape index (κ1) is 26.2. The van der Waals surface area contributed by atoms with Crippen molar-refractivity contribution in [3.8, 4) is 0 Å². The molecular weight excluding hydrogens is 410 g/mol. The maximum atomic E-state index is 3.92. The van der Waals surface area contributed by atoms with Gasteiger partial charge in [0, 0.05) is 17.1 Å². The van der Waals surface area contributed by atoms with Crippen LogP contribution in [0.15, 0.2) is 141 Å². The van der Waals surface area contributed by atoms with Crippen LogP contribution >= 0.6 is 0 Å². The van der Waals surface area contributed by atoms with E-state index in [0.29, 0.717) is 0 Å². The van der Waals surface area contributed by atoms with E-state index in [9.17, 15) is 0 Å². The van der Waals surface area contributed by atoms with Crippen LogP contribution in [0.5, 0.6) is 0 Å². The van der Waals surface area contributed by atoms with Gasteiger partial charge in [0.15, 0.2) is 0 Å². The Labute approximate surface area is 206 Å². The van der Waals surface area contributed by atoms with Crippen LogP contribution in [0, 0.1) is 0 Å². The predicted octanol–water partition coefficient (Wildman–Crippen LogP) is 10.1. The average molecular weight is 446 g/mol. The molecule has 0 amide bonds. The molecule has 0 fully saturated rings. The Kier molecular flexibility index (Phi) is 10.9. The van der Waals surface area contributed by atoms with Crippen molar-refractivity contribution in [3.05, 3.63) is 152 Å². The SMILES string of the molecule is C=C/C=C(\C=C)c1ccc(N(c2ccccc2)c2ccc(C(/C=C\C)=C/C=C)cc2)cc1.CC. The van der Waals surface area contributed by atoms with E-state index in [1.807, 2.05) is 57.2 Å². The molecule has 0 heterocycles. The van der Waals surface area contributed by atoms with Crippen LogP contribution in [-0.4, -0.2) is 0 Å². The van der Waals surface area contributed by atoms with Gasteiger partial charge < -0.3 is 4.90 Å². The molecule has 3 aromatic carbocycles. The third kappa shape index (κ3) is 6.70. The molecule has 0 bridgehead atoms. The normalized spacial score (nSPS) is 11.4. The molecule has 0 saturated heterocycles. The molecule has 0 aliphatic carbocycles. The first-order valence-electron chi connectivity index (χ1n) is 11.7. The lowest BCUT2D eigenvalue weighted by Gasteiger charge is -2.26. The van der Waals surface area contributed by atoms with E-state index in [-0.39, 0.29) is 0 Å². The van der Waals surface area contributed by atoms with E-state index >= 15 is 0 Å². The number of benzene rings is 3. The summed E-state index contributed by atoms with van der Waals surface area (Å²) >= 11 is 0. The number of anilines is 3. The monoisotopic (exact) mass is 445 g/mol. The number of para-hydroxylation sites is 1. The second kappa shape index (κ2) is 14.1. The maximum absolute atomic E-state index is 3.92. The molecule has 0 unspecified atom stereocenters. The van der Waals surface area contributed by atoms with E-state index in [0.717, 1.165) is 39.3 Å². The molecule has 0 spiro atoms. The summed E-state index contributed by atoms with van der Waals surface area (Å²) in [7, 11) is 0. The van der Waals surface area contributed by atoms with Gasteiger partial charge in [-0.05, 0) is 65.6 Å². The summed E-state index contributed by atoms with van der Waals surface area (Å²) in [6.45, 7) is 17.6. The quantitative estimate of drug-likeness (QED) is 0.296. The van der Waals surface area contributed by atoms with Crippen LogP contribution in [0.3, 0.4) is 0 Å². The number of hydrogen-bond acceptors (Lipinski definition) is 1. The number of nitrogens with zero attached hydrogens (tertiary/aromatic N) is 1. The molecule has 1 nitrogen and oxygen atoms in total. The van der Waals surface area contributed by atoms with Crippen LogP contribution in [0.25, 0.3) is 11.1 Å². The number of rotatable bonds is 9. The molecule has 0 N–H and O–H groups in total. The Balaban J connectivity index is 0.00000199. The van der Waals surface area contributed by atoms with Crippen molar-refractivity contribution < 1.29 is 0 Å². The highest BCUT2D eigenvalue weighted by atomic mass is 15.1. The van der Waals surface area contributed by atoms with Crippen LogP contribution in [0.1, 0.15) is 31.9 Å². The van der Waals surface area contributed by atoms with Crippen molar-refractivity contribution in [1.82, 2.24) is 0 Å². The summed E-state index contributed by atoms with van der Waals surface area (Å²) < 4.78 is 0. The highest BCUT2D eigenvalue weighted by molar-refractivity contribution is 5.81. The van der Waals surface area contributed by atoms with Gasteiger partial charge in [0.25, 0.3) is 0 Å². The predicted molar refractivity (Wildman–Crippen MR) is 154 cm³/mol. The van der Waals surface area contributed by atoms with Crippen molar-refractivity contribution in [2.75, 3.05) is 4.90 Å². The van der Waals surface area contributed by atoms with Crippen LogP contribution in [-0.2, 0) is 0 Å². The van der Waals surface area contributed by atoms with Gasteiger partial charge in [0.2, 0.25) is 0 Å². The lowest BCUT2D eigenvalue weighted by atomic mass is 10.0. The fourth-order valence-corrected chi connectivity index (χ4v) is 3.59. The van der Waals surface area contributed by atoms with Crippen molar-refractivity contribution in [2.24, 2.45) is 0 Å². The number of hydrogen-bond donors (Lipinski definition) is 0. The van der Waals surface area contributed by atoms with E-state index in [2.05, 4.69) is 104 Å². The molecule has 0 atom stereocenters. The highest BCUT2D eigenvalue weighted by Crippen LogP contribution is 2.35. The Morgan fingerprint density at radius 2 is 1.06 bits per heavy atom. The summed E-state index contributed by atoms with van der Waals surface area (Å²) in [6.07, 6.45) is 13.6. The van der Waals surface area contributed by atoms with Gasteiger partial charge in [0.05, 0.1) is 0 Å². The summed E-state index contributed by atoms with van der Waals surface area (Å²) in [5.74, 6) is 0. The zero-order valence-corrected chi connectivity index (χ0v) is 20.6. The van der Waals surface area contributed by atoms with Crippen molar-refractivity contribution >= 4 is 28.2 Å². The molecule has 0 aliphatic heterocycles. The molecule has 0 radical (unpaired) electrons. The maximum Gasteiger partial charge on any atom is 0.0462 e. The van der Waals surface area contributed by atoms with E-state index in [4.69, 9.17) is 0 Å². The first-order valence-corrected chi connectivity index (χ1v) is 11.7. The van der Waals surface area contributed by atoms with E-state index < -0.39 is 0 Å². The van der Waals surface area contributed by atoms with Gasteiger partial charge >= 0.3 is 0 Å². The summed E-state index contributed by atoms with van der Waals surface area (Å²) in [6, 6.07) is 27.5. The van der Waals surface area contributed by atoms with Crippen LogP contribution in [0.2, 0.25) is 0 Å². The average Bonchev–Trinajstić information content (AvgIpc) is 2.90. The largest absolute Gasteiger partial charge is 0.311 e. The third-order valence-electron chi connectivity index (χ3n) is 5.09. The summed E-state index contributed by atoms with van der Waals surface area (Å²) in [4.78, 5) is 2.25. The summed E-state index contributed by atoms with van der Waals surface area (Å²) in [5.41, 5.74) is 7.73. The minimum absolute atomic E-state index is 1.05. The lowest BCUT2D eigenvalue weighted by Crippen LogP contribution is -2.09. The van der Waals surface area contributed by atoms with Gasteiger partial charge in [-0.25, -0.2) is 0 Å². The lowest BCUT2D eigenvalue weighted by molar-refractivity contribution is 1.28. The smallest absolute Gasteiger partial charge is 0.0462 e. The van der Waals surface area contributed by atoms with Gasteiger partial charge in [0.1, 0.15) is 0 Å². The van der Waals surface area contributed by atoms with Crippen molar-refractivity contribution in [1.29, 1.82) is 0 Å². The van der Waals surface area contributed by atoms with Crippen LogP contribution in [0.4, 0.5) is 17.1 Å². The molecule has 172 valence electrons. The van der Waals surface area contributed by atoms with Crippen molar-refractivity contribution in [3.63, 3.8) is 0 Å². The van der Waals surface area contributed by atoms with Gasteiger partial charge in [-0.1, -0.05) is 119 Å². The molecule has 3 rings (SSSR count). The molecular formula is C33H35N. The zero-order valence-electron chi connectivity index (χ0n) is 20.6. The molecule has 3 aromatic rings. The Morgan fingerprint density at radius 3 is 1.50 bits per heavy atom. The minimum Gasteiger partial charge on any atom is -0.311 e. The Morgan fingerprint density at radius 1 is 0.618 bits per heavy atom. The second-order valence-corrected chi connectivity index (χ2v) is 7.18. The fraction of sp³-hybridized carbons (Fsp3) is 0.0909. The molecule has 0 aromatic heterocycles. The van der Waals surface area contributed by atoms with Crippen molar-refractivity contribution in [2.45, 2.75) is 20.8 Å². The Bertz CT molecular complexity index is 1140. The summed E-state index contributed by atoms with van der Waals surface area (Å²) in [5, 5.41) is 0. The fourth-order valence-electron chi connectivity index (χ4n) is 3.59. The standard InChI is InChI=1S/C31H29N.C2H6/c1-5-12-25(8-4)27-17-21-30(22-18-27)32(29-15-10-9-11-16-29)31-23-19-28(20-24-31)26(13-6-2)14-7-3;1-2/h5-24H,1-2,4H2,3H3;1-2H3/b14-7-,25-12+,26-13+;. The van der Waals surface area contributed by atoms with E-state index in [1.165, 1.54) is 0 Å². The zero-order chi connectivity index (χ0) is 24.8. The molecule has 34 heavy (non-hydrogen) atoms. The van der Waals surface area contributed by atoms with Gasteiger partial charge in [-0.2, -0.15) is 0 Å². The second-order valence-electron chi connectivity index (χ2n) is 7.18.